The second-order valence-electron chi connectivity index (χ2n) is 6.49. The Morgan fingerprint density at radius 2 is 1.75 bits per heavy atom. The number of nitrogens with one attached hydrogen (secondary N) is 2. The van der Waals surface area contributed by atoms with E-state index < -0.39 is 15.9 Å². The minimum absolute atomic E-state index is 0.0518. The summed E-state index contributed by atoms with van der Waals surface area (Å²) in [5.74, 6) is 0.276. The molecule has 0 aliphatic rings. The van der Waals surface area contributed by atoms with Crippen LogP contribution in [0.25, 0.3) is 0 Å². The average Bonchev–Trinajstić information content (AvgIpc) is 2.67. The first-order chi connectivity index (χ1) is 13.3. The Hall–Kier alpha value is -2.58. The van der Waals surface area contributed by atoms with Crippen molar-refractivity contribution in [2.75, 3.05) is 7.11 Å². The zero-order valence-corrected chi connectivity index (χ0v) is 17.3. The third-order valence-corrected chi connectivity index (χ3v) is 5.12. The zero-order valence-electron chi connectivity index (χ0n) is 16.5. The van der Waals surface area contributed by atoms with E-state index in [1.807, 2.05) is 13.8 Å². The van der Waals surface area contributed by atoms with Gasteiger partial charge in [0.15, 0.2) is 11.5 Å². The Morgan fingerprint density at radius 3 is 2.32 bits per heavy atom. The Kier molecular flexibility index (Phi) is 7.42. The summed E-state index contributed by atoms with van der Waals surface area (Å²) in [6.45, 7) is 5.81. The molecule has 152 valence electrons. The fourth-order valence-electron chi connectivity index (χ4n) is 2.53. The van der Waals surface area contributed by atoms with E-state index in [4.69, 9.17) is 9.47 Å². The molecule has 0 radical (unpaired) electrons. The zero-order chi connectivity index (χ0) is 20.7. The summed E-state index contributed by atoms with van der Waals surface area (Å²) in [4.78, 5) is 14.5. The van der Waals surface area contributed by atoms with Crippen LogP contribution in [0, 0.1) is 0 Å². The largest absolute Gasteiger partial charge is 0.493 e. The van der Waals surface area contributed by atoms with Crippen LogP contribution in [0.15, 0.2) is 47.4 Å². The van der Waals surface area contributed by atoms with Gasteiger partial charge in [0.05, 0.1) is 18.1 Å². The van der Waals surface area contributed by atoms with Crippen LogP contribution in [-0.4, -0.2) is 27.5 Å². The number of hydrogen-bond donors (Lipinski definition) is 2. The summed E-state index contributed by atoms with van der Waals surface area (Å²) in [7, 11) is -2.41. The topological polar surface area (TPSA) is 93.7 Å². The highest BCUT2D eigenvalue weighted by Gasteiger charge is 2.17. The Balaban J connectivity index is 2.08. The molecule has 0 atom stereocenters. The van der Waals surface area contributed by atoms with E-state index in [1.54, 1.807) is 18.2 Å². The first-order valence-electron chi connectivity index (χ1n) is 9.02. The lowest BCUT2D eigenvalue weighted by atomic mass is 10.1. The maximum Gasteiger partial charge on any atom is 0.266 e. The Morgan fingerprint density at radius 1 is 1.07 bits per heavy atom. The van der Waals surface area contributed by atoms with E-state index in [0.717, 1.165) is 18.4 Å². The number of ether oxygens (including phenoxy) is 2. The number of benzene rings is 2. The quantitative estimate of drug-likeness (QED) is 0.624. The van der Waals surface area contributed by atoms with Gasteiger partial charge < -0.3 is 9.47 Å². The molecule has 0 aliphatic carbocycles. The van der Waals surface area contributed by atoms with E-state index in [1.165, 1.54) is 31.4 Å². The molecule has 0 fully saturated rings. The van der Waals surface area contributed by atoms with E-state index in [9.17, 15) is 13.2 Å². The van der Waals surface area contributed by atoms with Crippen molar-refractivity contribution in [2.45, 2.75) is 44.6 Å². The van der Waals surface area contributed by atoms with Crippen LogP contribution in [-0.2, 0) is 16.4 Å². The maximum absolute atomic E-state index is 12.4. The molecule has 2 aromatic rings. The van der Waals surface area contributed by atoms with Crippen LogP contribution >= 0.6 is 0 Å². The molecule has 1 amide bonds. The lowest BCUT2D eigenvalue weighted by molar-refractivity contribution is 0.0944. The number of hydrazine groups is 1. The second kappa shape index (κ2) is 9.57. The molecule has 0 unspecified atom stereocenters. The Labute approximate surface area is 166 Å². The molecule has 0 aromatic heterocycles. The van der Waals surface area contributed by atoms with E-state index in [0.29, 0.717) is 11.5 Å². The van der Waals surface area contributed by atoms with Crippen molar-refractivity contribution >= 4 is 15.9 Å². The second-order valence-corrected chi connectivity index (χ2v) is 8.17. The highest BCUT2D eigenvalue weighted by atomic mass is 32.2. The summed E-state index contributed by atoms with van der Waals surface area (Å²) >= 11 is 0. The summed E-state index contributed by atoms with van der Waals surface area (Å²) in [6, 6.07) is 11.2. The van der Waals surface area contributed by atoms with Gasteiger partial charge in [-0.25, -0.2) is 8.42 Å². The van der Waals surface area contributed by atoms with Crippen LogP contribution in [0.4, 0.5) is 0 Å². The summed E-state index contributed by atoms with van der Waals surface area (Å²) in [6.07, 6.45) is 1.80. The van der Waals surface area contributed by atoms with Crippen molar-refractivity contribution in [2.24, 2.45) is 0 Å². The smallest absolute Gasteiger partial charge is 0.266 e. The molecule has 0 saturated carbocycles. The lowest BCUT2D eigenvalue weighted by Crippen LogP contribution is -2.41. The number of carbonyl (C=O) groups is 1. The highest BCUT2D eigenvalue weighted by molar-refractivity contribution is 7.89. The standard InChI is InChI=1S/C20H26N2O5S/c1-5-6-15-7-10-17(11-8-15)28(24,25)22-21-20(23)16-9-12-18(27-14(2)3)19(13-16)26-4/h7-14,22H,5-6H2,1-4H3,(H,21,23). The molecule has 8 heteroatoms. The number of sulfonamides is 1. The number of carbonyl (C=O) groups excluding carboxylic acids is 1. The van der Waals surface area contributed by atoms with Crippen molar-refractivity contribution < 1.29 is 22.7 Å². The minimum atomic E-state index is -3.87. The molecule has 28 heavy (non-hydrogen) atoms. The van der Waals surface area contributed by atoms with Gasteiger partial charge in [0.1, 0.15) is 0 Å². The van der Waals surface area contributed by atoms with Gasteiger partial charge in [0.25, 0.3) is 15.9 Å². The minimum Gasteiger partial charge on any atom is -0.493 e. The SMILES string of the molecule is CCCc1ccc(S(=O)(=O)NNC(=O)c2ccc(OC(C)C)c(OC)c2)cc1. The van der Waals surface area contributed by atoms with E-state index in [-0.39, 0.29) is 16.6 Å². The number of hydrogen-bond acceptors (Lipinski definition) is 5. The normalized spacial score (nSPS) is 11.3. The third-order valence-electron chi connectivity index (χ3n) is 3.86. The van der Waals surface area contributed by atoms with Crippen LogP contribution < -0.4 is 19.7 Å². The number of amides is 1. The van der Waals surface area contributed by atoms with Gasteiger partial charge in [-0.2, -0.15) is 0 Å². The van der Waals surface area contributed by atoms with Gasteiger partial charge in [-0.15, -0.1) is 4.83 Å². The summed E-state index contributed by atoms with van der Waals surface area (Å²) in [5, 5.41) is 0. The molecule has 2 N–H and O–H groups in total. The number of rotatable bonds is 9. The molecule has 2 rings (SSSR count). The molecular formula is C20H26N2O5S. The summed E-state index contributed by atoms with van der Waals surface area (Å²) in [5.41, 5.74) is 3.50. The number of aryl methyl sites for hydroxylation is 1. The predicted molar refractivity (Wildman–Crippen MR) is 107 cm³/mol. The molecular weight excluding hydrogens is 380 g/mol. The maximum atomic E-state index is 12.4. The average molecular weight is 407 g/mol. The molecule has 0 spiro atoms. The van der Waals surface area contributed by atoms with Crippen LogP contribution in [0.1, 0.15) is 43.1 Å². The number of methoxy groups -OCH3 is 1. The van der Waals surface area contributed by atoms with E-state index >= 15 is 0 Å². The summed E-state index contributed by atoms with van der Waals surface area (Å²) < 4.78 is 35.6. The molecule has 0 saturated heterocycles. The Bertz CT molecular complexity index is 909. The van der Waals surface area contributed by atoms with Gasteiger partial charge in [-0.05, 0) is 56.2 Å². The fourth-order valence-corrected chi connectivity index (χ4v) is 3.37. The fraction of sp³-hybridized carbons (Fsp3) is 0.350. The first kappa shape index (κ1) is 21.7. The van der Waals surface area contributed by atoms with Gasteiger partial charge in [0.2, 0.25) is 0 Å². The van der Waals surface area contributed by atoms with Gasteiger partial charge in [-0.1, -0.05) is 25.5 Å². The van der Waals surface area contributed by atoms with Crippen molar-refractivity contribution in [3.05, 3.63) is 53.6 Å². The van der Waals surface area contributed by atoms with Crippen molar-refractivity contribution in [3.63, 3.8) is 0 Å². The first-order valence-corrected chi connectivity index (χ1v) is 10.5. The molecule has 7 nitrogen and oxygen atoms in total. The lowest BCUT2D eigenvalue weighted by Gasteiger charge is -2.14. The van der Waals surface area contributed by atoms with Crippen molar-refractivity contribution in [1.82, 2.24) is 10.3 Å². The predicted octanol–water partition coefficient (Wildman–Crippen LogP) is 3.06. The van der Waals surface area contributed by atoms with Crippen LogP contribution in [0.3, 0.4) is 0 Å². The van der Waals surface area contributed by atoms with Gasteiger partial charge >= 0.3 is 0 Å². The van der Waals surface area contributed by atoms with Crippen molar-refractivity contribution in [3.8, 4) is 11.5 Å². The van der Waals surface area contributed by atoms with E-state index in [2.05, 4.69) is 17.2 Å². The molecule has 2 aromatic carbocycles. The third kappa shape index (κ3) is 5.71. The van der Waals surface area contributed by atoms with Crippen LogP contribution in [0.2, 0.25) is 0 Å². The van der Waals surface area contributed by atoms with Gasteiger partial charge in [0, 0.05) is 5.56 Å². The highest BCUT2D eigenvalue weighted by Crippen LogP contribution is 2.28. The van der Waals surface area contributed by atoms with Crippen LogP contribution in [0.5, 0.6) is 11.5 Å². The van der Waals surface area contributed by atoms with Gasteiger partial charge in [-0.3, -0.25) is 10.2 Å². The van der Waals surface area contributed by atoms with Crippen molar-refractivity contribution in [1.29, 1.82) is 0 Å². The molecule has 0 heterocycles. The molecule has 0 bridgehead atoms. The monoisotopic (exact) mass is 406 g/mol. The molecule has 0 aliphatic heterocycles.